The number of likely N-dealkylation sites (N-methyl/N-ethyl adjacent to an activating group) is 1. The zero-order chi connectivity index (χ0) is 19.7. The van der Waals surface area contributed by atoms with Gasteiger partial charge in [-0.2, -0.15) is 0 Å². The third kappa shape index (κ3) is 8.13. The summed E-state index contributed by atoms with van der Waals surface area (Å²) in [5.41, 5.74) is 6.59. The van der Waals surface area contributed by atoms with Crippen LogP contribution in [0.15, 0.2) is 12.2 Å². The van der Waals surface area contributed by atoms with Crippen LogP contribution in [0.5, 0.6) is 0 Å². The van der Waals surface area contributed by atoms with Crippen molar-refractivity contribution in [3.63, 3.8) is 0 Å². The Morgan fingerprint density at radius 1 is 0.769 bits per heavy atom. The van der Waals surface area contributed by atoms with Crippen molar-refractivity contribution in [2.24, 2.45) is 5.73 Å². The molecular formula is C24H51N2+. The van der Waals surface area contributed by atoms with Crippen LogP contribution in [-0.4, -0.2) is 36.2 Å². The standard InChI is InChI=1S/C24H51N2/c1-6-11-13-14-15-16-17-18-19-20-22-26(10-5,21-12-7-2)24(8-3,9-4)23-25/h7,12H,6,8-11,13-23,25H2,1-5H3/q+1/b12-7+. The monoisotopic (exact) mass is 367 g/mol. The summed E-state index contributed by atoms with van der Waals surface area (Å²) < 4.78 is 1.18. The average Bonchev–Trinajstić information content (AvgIpc) is 2.68. The van der Waals surface area contributed by atoms with Crippen LogP contribution in [-0.2, 0) is 0 Å². The van der Waals surface area contributed by atoms with Gasteiger partial charge in [0.15, 0.2) is 0 Å². The van der Waals surface area contributed by atoms with Crippen LogP contribution in [0.25, 0.3) is 0 Å². The van der Waals surface area contributed by atoms with Crippen LogP contribution in [0.1, 0.15) is 112 Å². The maximum absolute atomic E-state index is 6.34. The minimum atomic E-state index is 0.244. The second-order valence-electron chi connectivity index (χ2n) is 8.25. The van der Waals surface area contributed by atoms with Crippen LogP contribution in [0.2, 0.25) is 0 Å². The van der Waals surface area contributed by atoms with Crippen molar-refractivity contribution in [1.82, 2.24) is 0 Å². The number of unbranched alkanes of at least 4 members (excludes halogenated alkanes) is 9. The molecule has 0 heterocycles. The summed E-state index contributed by atoms with van der Waals surface area (Å²) in [4.78, 5) is 0. The Morgan fingerprint density at radius 2 is 1.27 bits per heavy atom. The van der Waals surface area contributed by atoms with Crippen molar-refractivity contribution < 1.29 is 4.48 Å². The highest BCUT2D eigenvalue weighted by molar-refractivity contribution is 4.85. The normalized spacial score (nSPS) is 14.8. The fourth-order valence-corrected chi connectivity index (χ4v) is 4.76. The van der Waals surface area contributed by atoms with Crippen LogP contribution >= 0.6 is 0 Å². The minimum Gasteiger partial charge on any atom is -0.325 e. The maximum Gasteiger partial charge on any atom is 0.111 e. The first-order chi connectivity index (χ1) is 12.6. The molecule has 0 aliphatic heterocycles. The Kier molecular flexibility index (Phi) is 15.5. The van der Waals surface area contributed by atoms with E-state index in [-0.39, 0.29) is 5.54 Å². The Bertz CT molecular complexity index is 325. The van der Waals surface area contributed by atoms with Crippen LogP contribution in [0.4, 0.5) is 0 Å². The Morgan fingerprint density at radius 3 is 1.65 bits per heavy atom. The summed E-state index contributed by atoms with van der Waals surface area (Å²) in [6.45, 7) is 15.9. The number of hydrogen-bond donors (Lipinski definition) is 1. The maximum atomic E-state index is 6.34. The van der Waals surface area contributed by atoms with Crippen molar-refractivity contribution in [3.8, 4) is 0 Å². The molecule has 26 heavy (non-hydrogen) atoms. The lowest BCUT2D eigenvalue weighted by atomic mass is 9.86. The Labute approximate surface area is 166 Å². The zero-order valence-corrected chi connectivity index (χ0v) is 19.0. The van der Waals surface area contributed by atoms with E-state index < -0.39 is 0 Å². The van der Waals surface area contributed by atoms with Gasteiger partial charge < -0.3 is 10.2 Å². The highest BCUT2D eigenvalue weighted by Gasteiger charge is 2.45. The molecular weight excluding hydrogens is 316 g/mol. The van der Waals surface area contributed by atoms with Crippen molar-refractivity contribution in [2.75, 3.05) is 26.2 Å². The molecule has 0 aromatic carbocycles. The third-order valence-electron chi connectivity index (χ3n) is 6.94. The summed E-state index contributed by atoms with van der Waals surface area (Å²) in [5, 5.41) is 0. The second kappa shape index (κ2) is 15.7. The van der Waals surface area contributed by atoms with Gasteiger partial charge in [0.1, 0.15) is 5.54 Å². The average molecular weight is 368 g/mol. The number of nitrogens with two attached hydrogens (primary N) is 1. The summed E-state index contributed by atoms with van der Waals surface area (Å²) in [6, 6.07) is 0. The van der Waals surface area contributed by atoms with E-state index in [1.165, 1.54) is 94.6 Å². The van der Waals surface area contributed by atoms with E-state index in [1.54, 1.807) is 0 Å². The minimum absolute atomic E-state index is 0.244. The Balaban J connectivity index is 4.44. The molecule has 0 rings (SSSR count). The summed E-state index contributed by atoms with van der Waals surface area (Å²) in [6.07, 6.45) is 21.1. The predicted octanol–water partition coefficient (Wildman–Crippen LogP) is 6.84. The van der Waals surface area contributed by atoms with Crippen molar-refractivity contribution in [1.29, 1.82) is 0 Å². The smallest absolute Gasteiger partial charge is 0.111 e. The molecule has 0 spiro atoms. The summed E-state index contributed by atoms with van der Waals surface area (Å²) >= 11 is 0. The van der Waals surface area contributed by atoms with Gasteiger partial charge in [0.25, 0.3) is 0 Å². The zero-order valence-electron chi connectivity index (χ0n) is 19.0. The molecule has 0 amide bonds. The van der Waals surface area contributed by atoms with Crippen molar-refractivity contribution in [2.45, 2.75) is 117 Å². The van der Waals surface area contributed by atoms with Gasteiger partial charge >= 0.3 is 0 Å². The van der Waals surface area contributed by atoms with E-state index in [2.05, 4.69) is 46.8 Å². The molecule has 0 aromatic heterocycles. The van der Waals surface area contributed by atoms with Gasteiger partial charge in [0, 0.05) is 19.4 Å². The van der Waals surface area contributed by atoms with Gasteiger partial charge in [-0.1, -0.05) is 78.2 Å². The topological polar surface area (TPSA) is 26.0 Å². The molecule has 2 nitrogen and oxygen atoms in total. The molecule has 0 radical (unpaired) electrons. The first-order valence-corrected chi connectivity index (χ1v) is 11.8. The highest BCUT2D eigenvalue weighted by Crippen LogP contribution is 2.32. The van der Waals surface area contributed by atoms with Crippen molar-refractivity contribution >= 4 is 0 Å². The molecule has 2 heteroatoms. The molecule has 0 aliphatic rings. The van der Waals surface area contributed by atoms with Gasteiger partial charge in [0.2, 0.25) is 0 Å². The number of quaternary nitrogens is 1. The van der Waals surface area contributed by atoms with Crippen LogP contribution < -0.4 is 5.73 Å². The van der Waals surface area contributed by atoms with E-state index >= 15 is 0 Å². The largest absolute Gasteiger partial charge is 0.325 e. The van der Waals surface area contributed by atoms with Crippen LogP contribution in [0.3, 0.4) is 0 Å². The number of allylic oxidation sites excluding steroid dienone is 1. The lowest BCUT2D eigenvalue weighted by Crippen LogP contribution is -2.67. The van der Waals surface area contributed by atoms with Gasteiger partial charge in [-0.05, 0) is 32.8 Å². The van der Waals surface area contributed by atoms with E-state index in [1.807, 2.05) is 0 Å². The van der Waals surface area contributed by atoms with E-state index in [0.29, 0.717) is 0 Å². The van der Waals surface area contributed by atoms with Gasteiger partial charge in [-0.25, -0.2) is 0 Å². The number of rotatable bonds is 18. The molecule has 0 bridgehead atoms. The molecule has 0 aromatic rings. The lowest BCUT2D eigenvalue weighted by molar-refractivity contribution is -0.969. The molecule has 156 valence electrons. The highest BCUT2D eigenvalue weighted by atomic mass is 15.4. The summed E-state index contributed by atoms with van der Waals surface area (Å²) in [5.74, 6) is 0. The Hall–Kier alpha value is -0.340. The molecule has 0 aliphatic carbocycles. The second-order valence-corrected chi connectivity index (χ2v) is 8.25. The number of nitrogens with zero attached hydrogens (tertiary/aromatic N) is 1. The first-order valence-electron chi connectivity index (χ1n) is 11.8. The fraction of sp³-hybridized carbons (Fsp3) is 0.917. The lowest BCUT2D eigenvalue weighted by Gasteiger charge is -2.52. The predicted molar refractivity (Wildman–Crippen MR) is 120 cm³/mol. The van der Waals surface area contributed by atoms with Gasteiger partial charge in [-0.15, -0.1) is 0 Å². The molecule has 0 saturated carbocycles. The van der Waals surface area contributed by atoms with Crippen molar-refractivity contribution in [3.05, 3.63) is 12.2 Å². The molecule has 1 unspecified atom stereocenters. The van der Waals surface area contributed by atoms with Crippen LogP contribution in [0, 0.1) is 0 Å². The number of hydrogen-bond acceptors (Lipinski definition) is 1. The third-order valence-corrected chi connectivity index (χ3v) is 6.94. The SMILES string of the molecule is C/C=C/C[N+](CC)(CCCCCCCCCCCC)C(CC)(CC)CN. The van der Waals surface area contributed by atoms with E-state index in [4.69, 9.17) is 5.73 Å². The quantitative estimate of drug-likeness (QED) is 0.160. The fourth-order valence-electron chi connectivity index (χ4n) is 4.76. The molecule has 2 N–H and O–H groups in total. The molecule has 0 saturated heterocycles. The molecule has 1 atom stereocenters. The van der Waals surface area contributed by atoms with Gasteiger partial charge in [0.05, 0.1) is 19.6 Å². The van der Waals surface area contributed by atoms with Gasteiger partial charge in [-0.3, -0.25) is 0 Å². The first kappa shape index (κ1) is 25.7. The summed E-state index contributed by atoms with van der Waals surface area (Å²) in [7, 11) is 0. The van der Waals surface area contributed by atoms with E-state index in [0.717, 1.165) is 13.1 Å². The van der Waals surface area contributed by atoms with E-state index in [9.17, 15) is 0 Å². The molecule has 0 fully saturated rings.